The predicted octanol–water partition coefficient (Wildman–Crippen LogP) is 5.02. The number of aryl methyl sites for hydroxylation is 1. The average molecular weight is 356 g/mol. The van der Waals surface area contributed by atoms with Gasteiger partial charge in [-0.1, -0.05) is 56.0 Å². The Labute approximate surface area is 153 Å². The number of carbonyl (C=O) groups is 1. The molecule has 1 amide bonds. The second kappa shape index (κ2) is 10.2. The lowest BCUT2D eigenvalue weighted by Gasteiger charge is -2.12. The number of benzene rings is 2. The summed E-state index contributed by atoms with van der Waals surface area (Å²) in [5.74, 6) is 0.0980. The van der Waals surface area contributed by atoms with Gasteiger partial charge >= 0.3 is 0 Å². The number of nitrogens with one attached hydrogen (secondary N) is 2. The van der Waals surface area contributed by atoms with E-state index in [4.69, 9.17) is 0 Å². The van der Waals surface area contributed by atoms with Crippen LogP contribution in [0.25, 0.3) is 0 Å². The molecule has 0 aromatic heterocycles. The summed E-state index contributed by atoms with van der Waals surface area (Å²) in [6.45, 7) is 5.05. The highest BCUT2D eigenvalue weighted by Gasteiger charge is 2.05. The van der Waals surface area contributed by atoms with Crippen molar-refractivity contribution in [2.45, 2.75) is 52.5 Å². The SMILES string of the molecule is CCCCCCC(=O)Nc1ccc(NCc2ccc(C)cc2)c(P)c1. The van der Waals surface area contributed by atoms with Crippen LogP contribution in [0.15, 0.2) is 42.5 Å². The highest BCUT2D eigenvalue weighted by Crippen LogP contribution is 2.16. The van der Waals surface area contributed by atoms with Crippen molar-refractivity contribution in [1.29, 1.82) is 0 Å². The summed E-state index contributed by atoms with van der Waals surface area (Å²) >= 11 is 0. The van der Waals surface area contributed by atoms with E-state index in [2.05, 4.69) is 58.0 Å². The number of amides is 1. The van der Waals surface area contributed by atoms with Gasteiger partial charge in [-0.2, -0.15) is 0 Å². The molecule has 2 aromatic carbocycles. The van der Waals surface area contributed by atoms with E-state index >= 15 is 0 Å². The van der Waals surface area contributed by atoms with E-state index in [0.717, 1.165) is 36.1 Å². The van der Waals surface area contributed by atoms with E-state index in [1.165, 1.54) is 24.0 Å². The van der Waals surface area contributed by atoms with Gasteiger partial charge in [-0.25, -0.2) is 0 Å². The molecule has 1 unspecified atom stereocenters. The molecule has 0 aliphatic heterocycles. The molecule has 0 spiro atoms. The highest BCUT2D eigenvalue weighted by molar-refractivity contribution is 7.28. The van der Waals surface area contributed by atoms with Crippen LogP contribution in [-0.4, -0.2) is 5.91 Å². The zero-order valence-electron chi connectivity index (χ0n) is 15.3. The summed E-state index contributed by atoms with van der Waals surface area (Å²) in [4.78, 5) is 12.0. The van der Waals surface area contributed by atoms with Gasteiger partial charge in [0.25, 0.3) is 0 Å². The van der Waals surface area contributed by atoms with Crippen LogP contribution in [0.2, 0.25) is 0 Å². The molecule has 134 valence electrons. The zero-order valence-corrected chi connectivity index (χ0v) is 16.4. The van der Waals surface area contributed by atoms with Crippen molar-refractivity contribution in [2.75, 3.05) is 10.6 Å². The third-order valence-corrected chi connectivity index (χ3v) is 4.67. The van der Waals surface area contributed by atoms with Crippen LogP contribution < -0.4 is 15.9 Å². The van der Waals surface area contributed by atoms with E-state index in [1.54, 1.807) is 0 Å². The summed E-state index contributed by atoms with van der Waals surface area (Å²) in [7, 11) is 2.74. The maximum Gasteiger partial charge on any atom is 0.224 e. The largest absolute Gasteiger partial charge is 0.380 e. The quantitative estimate of drug-likeness (QED) is 0.489. The minimum atomic E-state index is 0.0980. The highest BCUT2D eigenvalue weighted by atomic mass is 31.0. The Hall–Kier alpha value is -1.86. The molecular weight excluding hydrogens is 327 g/mol. The number of hydrogen-bond donors (Lipinski definition) is 2. The van der Waals surface area contributed by atoms with Crippen molar-refractivity contribution >= 4 is 31.8 Å². The number of carbonyl (C=O) groups excluding carboxylic acids is 1. The first kappa shape index (κ1) is 19.5. The third kappa shape index (κ3) is 6.88. The van der Waals surface area contributed by atoms with Crippen molar-refractivity contribution in [3.63, 3.8) is 0 Å². The molecule has 25 heavy (non-hydrogen) atoms. The molecule has 0 bridgehead atoms. The molecule has 0 saturated heterocycles. The lowest BCUT2D eigenvalue weighted by atomic mass is 10.1. The summed E-state index contributed by atoms with van der Waals surface area (Å²) in [5.41, 5.74) is 4.43. The molecular formula is C21H29N2OP. The second-order valence-electron chi connectivity index (χ2n) is 6.50. The van der Waals surface area contributed by atoms with Crippen molar-refractivity contribution in [1.82, 2.24) is 0 Å². The monoisotopic (exact) mass is 356 g/mol. The third-order valence-electron chi connectivity index (χ3n) is 4.20. The smallest absolute Gasteiger partial charge is 0.224 e. The summed E-state index contributed by atoms with van der Waals surface area (Å²) < 4.78 is 0. The van der Waals surface area contributed by atoms with Crippen LogP contribution in [-0.2, 0) is 11.3 Å². The van der Waals surface area contributed by atoms with Crippen LogP contribution in [0.4, 0.5) is 11.4 Å². The van der Waals surface area contributed by atoms with Gasteiger partial charge in [0, 0.05) is 24.3 Å². The van der Waals surface area contributed by atoms with Gasteiger partial charge in [0.2, 0.25) is 5.91 Å². The lowest BCUT2D eigenvalue weighted by Crippen LogP contribution is -2.13. The fourth-order valence-corrected chi connectivity index (χ4v) is 3.02. The van der Waals surface area contributed by atoms with E-state index in [-0.39, 0.29) is 5.91 Å². The molecule has 0 radical (unpaired) electrons. The Morgan fingerprint density at radius 3 is 2.48 bits per heavy atom. The Bertz CT molecular complexity index is 683. The zero-order chi connectivity index (χ0) is 18.1. The van der Waals surface area contributed by atoms with Crippen molar-refractivity contribution < 1.29 is 4.79 Å². The van der Waals surface area contributed by atoms with Crippen LogP contribution in [0.5, 0.6) is 0 Å². The first-order chi connectivity index (χ1) is 12.1. The summed E-state index contributed by atoms with van der Waals surface area (Å²) in [5, 5.41) is 7.48. The van der Waals surface area contributed by atoms with Gasteiger partial charge < -0.3 is 10.6 Å². The minimum Gasteiger partial charge on any atom is -0.380 e. The Kier molecular flexibility index (Phi) is 7.94. The van der Waals surface area contributed by atoms with E-state index < -0.39 is 0 Å². The Morgan fingerprint density at radius 2 is 1.80 bits per heavy atom. The van der Waals surface area contributed by atoms with Gasteiger partial charge in [0.15, 0.2) is 0 Å². The number of rotatable bonds is 9. The Morgan fingerprint density at radius 1 is 1.04 bits per heavy atom. The molecule has 3 nitrogen and oxygen atoms in total. The predicted molar refractivity (Wildman–Crippen MR) is 112 cm³/mol. The first-order valence-electron chi connectivity index (χ1n) is 9.07. The minimum absolute atomic E-state index is 0.0980. The Balaban J connectivity index is 1.85. The lowest BCUT2D eigenvalue weighted by molar-refractivity contribution is -0.116. The molecule has 0 fully saturated rings. The van der Waals surface area contributed by atoms with Crippen molar-refractivity contribution in [3.8, 4) is 0 Å². The van der Waals surface area contributed by atoms with Gasteiger partial charge in [-0.15, -0.1) is 9.24 Å². The van der Waals surface area contributed by atoms with Crippen LogP contribution in [0.3, 0.4) is 0 Å². The van der Waals surface area contributed by atoms with Crippen molar-refractivity contribution in [2.24, 2.45) is 0 Å². The maximum atomic E-state index is 12.0. The topological polar surface area (TPSA) is 41.1 Å². The van der Waals surface area contributed by atoms with E-state index in [0.29, 0.717) is 6.42 Å². The van der Waals surface area contributed by atoms with Gasteiger partial charge in [-0.05, 0) is 42.4 Å². The number of anilines is 2. The van der Waals surface area contributed by atoms with Crippen molar-refractivity contribution in [3.05, 3.63) is 53.6 Å². The first-order valence-corrected chi connectivity index (χ1v) is 9.65. The molecule has 2 aromatic rings. The normalized spacial score (nSPS) is 10.5. The van der Waals surface area contributed by atoms with Crippen LogP contribution in [0, 0.1) is 6.92 Å². The summed E-state index contributed by atoms with van der Waals surface area (Å²) in [6.07, 6.45) is 5.07. The number of hydrogen-bond acceptors (Lipinski definition) is 2. The average Bonchev–Trinajstić information content (AvgIpc) is 2.59. The second-order valence-corrected chi connectivity index (χ2v) is 7.12. The van der Waals surface area contributed by atoms with Gasteiger partial charge in [0.05, 0.1) is 0 Å². The fraction of sp³-hybridized carbons (Fsp3) is 0.381. The molecule has 0 heterocycles. The fourth-order valence-electron chi connectivity index (χ4n) is 2.64. The molecule has 0 saturated carbocycles. The van der Waals surface area contributed by atoms with E-state index in [1.807, 2.05) is 18.2 Å². The number of unbranched alkanes of at least 4 members (excludes halogenated alkanes) is 3. The molecule has 4 heteroatoms. The standard InChI is InChI=1S/C21H29N2OP/c1-3-4-5-6-7-21(24)23-18-12-13-19(20(25)14-18)22-15-17-10-8-16(2)9-11-17/h8-14,22H,3-7,15,25H2,1-2H3,(H,23,24). The molecule has 2 N–H and O–H groups in total. The van der Waals surface area contributed by atoms with E-state index in [9.17, 15) is 4.79 Å². The van der Waals surface area contributed by atoms with Gasteiger partial charge in [0.1, 0.15) is 0 Å². The molecule has 0 aliphatic carbocycles. The molecule has 2 rings (SSSR count). The molecule has 1 atom stereocenters. The van der Waals surface area contributed by atoms with Gasteiger partial charge in [-0.3, -0.25) is 4.79 Å². The van der Waals surface area contributed by atoms with Crippen LogP contribution >= 0.6 is 9.24 Å². The summed E-state index contributed by atoms with van der Waals surface area (Å²) in [6, 6.07) is 14.5. The molecule has 0 aliphatic rings. The maximum absolute atomic E-state index is 12.0. The van der Waals surface area contributed by atoms with Crippen LogP contribution in [0.1, 0.15) is 50.2 Å².